The lowest BCUT2D eigenvalue weighted by molar-refractivity contribution is 0.498. The molecule has 4 heterocycles. The number of hydrogen-bond acceptors (Lipinski definition) is 7. The van der Waals surface area contributed by atoms with Gasteiger partial charge in [0.1, 0.15) is 34.3 Å². The third-order valence-electron chi connectivity index (χ3n) is 6.90. The standard InChI is InChI=1S/C28H26N8O.ClH/c29-13-22-25-26(28(37)35(18-32-25)17-24-31-14-20-9-4-5-11-23(20)33-24)36(15-19-7-2-1-3-8-19)27(22)34-12-6-10-21(30)16-34;/h1-5,7-9,11,14,18,21H,6,10,12,15-17,30H2;1H/t21-;/m0./s1. The molecular weight excluding hydrogens is 500 g/mol. The van der Waals surface area contributed by atoms with Gasteiger partial charge in [-0.05, 0) is 24.5 Å². The van der Waals surface area contributed by atoms with Gasteiger partial charge in [-0.1, -0.05) is 48.5 Å². The van der Waals surface area contributed by atoms with Crippen molar-refractivity contribution in [3.05, 3.63) is 94.4 Å². The van der Waals surface area contributed by atoms with Crippen molar-refractivity contribution in [1.29, 1.82) is 5.26 Å². The molecule has 10 heteroatoms. The number of nitriles is 1. The third kappa shape index (κ3) is 4.60. The summed E-state index contributed by atoms with van der Waals surface area (Å²) in [7, 11) is 0. The Morgan fingerprint density at radius 1 is 1.05 bits per heavy atom. The molecule has 9 nitrogen and oxygen atoms in total. The van der Waals surface area contributed by atoms with Crippen molar-refractivity contribution >= 4 is 40.2 Å². The summed E-state index contributed by atoms with van der Waals surface area (Å²) in [5.41, 5.74) is 9.13. The van der Waals surface area contributed by atoms with Gasteiger partial charge in [0.25, 0.3) is 5.56 Å². The Morgan fingerprint density at radius 2 is 1.84 bits per heavy atom. The molecule has 0 aliphatic carbocycles. The second kappa shape index (κ2) is 10.6. The number of rotatable bonds is 5. The van der Waals surface area contributed by atoms with Crippen LogP contribution in [-0.4, -0.2) is 43.2 Å². The van der Waals surface area contributed by atoms with Crippen LogP contribution in [0, 0.1) is 11.3 Å². The fourth-order valence-corrected chi connectivity index (χ4v) is 5.16. The second-order valence-electron chi connectivity index (χ2n) is 9.45. The molecule has 0 amide bonds. The number of fused-ring (bicyclic) bond motifs is 2. The zero-order valence-electron chi connectivity index (χ0n) is 20.7. The maximum atomic E-state index is 13.9. The van der Waals surface area contributed by atoms with Crippen LogP contribution < -0.4 is 16.2 Å². The quantitative estimate of drug-likeness (QED) is 0.372. The smallest absolute Gasteiger partial charge is 0.278 e. The summed E-state index contributed by atoms with van der Waals surface area (Å²) < 4.78 is 3.45. The number of nitrogens with two attached hydrogens (primary N) is 1. The molecule has 0 radical (unpaired) electrons. The summed E-state index contributed by atoms with van der Waals surface area (Å²) in [6.45, 7) is 2.01. The van der Waals surface area contributed by atoms with E-state index >= 15 is 0 Å². The number of aromatic nitrogens is 5. The van der Waals surface area contributed by atoms with Crippen molar-refractivity contribution in [2.45, 2.75) is 32.0 Å². The molecule has 0 unspecified atom stereocenters. The van der Waals surface area contributed by atoms with Crippen molar-refractivity contribution in [3.63, 3.8) is 0 Å². The van der Waals surface area contributed by atoms with Crippen LogP contribution in [-0.2, 0) is 13.1 Å². The Morgan fingerprint density at radius 3 is 2.63 bits per heavy atom. The van der Waals surface area contributed by atoms with Crippen LogP contribution in [0.4, 0.5) is 5.82 Å². The van der Waals surface area contributed by atoms with E-state index in [0.717, 1.165) is 35.9 Å². The van der Waals surface area contributed by atoms with E-state index in [1.54, 1.807) is 6.20 Å². The number of benzene rings is 2. The fraction of sp³-hybridized carbons (Fsp3) is 0.250. The lowest BCUT2D eigenvalue weighted by atomic mass is 10.1. The van der Waals surface area contributed by atoms with E-state index in [9.17, 15) is 10.1 Å². The summed E-state index contributed by atoms with van der Waals surface area (Å²) in [4.78, 5) is 29.8. The molecule has 2 aromatic carbocycles. The van der Waals surface area contributed by atoms with Gasteiger partial charge in [-0.15, -0.1) is 12.4 Å². The molecule has 2 N–H and O–H groups in total. The Labute approximate surface area is 225 Å². The van der Waals surface area contributed by atoms with Gasteiger partial charge >= 0.3 is 0 Å². The van der Waals surface area contributed by atoms with E-state index in [0.29, 0.717) is 41.3 Å². The predicted octanol–water partition coefficient (Wildman–Crippen LogP) is 3.46. The fourth-order valence-electron chi connectivity index (χ4n) is 5.16. The van der Waals surface area contributed by atoms with Gasteiger partial charge in [0.05, 0.1) is 18.4 Å². The van der Waals surface area contributed by atoms with Gasteiger partial charge in [0.2, 0.25) is 0 Å². The number of hydrogen-bond donors (Lipinski definition) is 1. The van der Waals surface area contributed by atoms with Crippen LogP contribution in [0.15, 0.2) is 71.9 Å². The highest BCUT2D eigenvalue weighted by molar-refractivity contribution is 5.89. The normalized spacial score (nSPS) is 15.4. The average Bonchev–Trinajstić information content (AvgIpc) is 3.24. The predicted molar refractivity (Wildman–Crippen MR) is 150 cm³/mol. The summed E-state index contributed by atoms with van der Waals surface area (Å²) in [5, 5.41) is 11.1. The molecule has 1 atom stereocenters. The zero-order valence-corrected chi connectivity index (χ0v) is 21.5. The first-order valence-corrected chi connectivity index (χ1v) is 12.4. The van der Waals surface area contributed by atoms with E-state index < -0.39 is 0 Å². The van der Waals surface area contributed by atoms with E-state index in [-0.39, 0.29) is 30.6 Å². The first-order chi connectivity index (χ1) is 18.1. The number of halogens is 1. The molecule has 1 aliphatic heterocycles. The molecular formula is C28H27ClN8O. The van der Waals surface area contributed by atoms with E-state index in [4.69, 9.17) is 5.73 Å². The van der Waals surface area contributed by atoms with Crippen LogP contribution in [0.3, 0.4) is 0 Å². The van der Waals surface area contributed by atoms with Gasteiger partial charge in [-0.25, -0.2) is 15.0 Å². The average molecular weight is 527 g/mol. The highest BCUT2D eigenvalue weighted by atomic mass is 35.5. The Kier molecular flexibility index (Phi) is 7.09. The maximum Gasteiger partial charge on any atom is 0.278 e. The van der Waals surface area contributed by atoms with Gasteiger partial charge in [-0.2, -0.15) is 5.26 Å². The number of anilines is 1. The SMILES string of the molecule is Cl.N#Cc1c(N2CCC[C@H](N)C2)n(Cc2ccccc2)c2c(=O)n(Cc3ncc4ccccc4n3)cnc12. The molecule has 1 fully saturated rings. The highest BCUT2D eigenvalue weighted by Crippen LogP contribution is 2.32. The van der Waals surface area contributed by atoms with Crippen LogP contribution in [0.2, 0.25) is 0 Å². The van der Waals surface area contributed by atoms with Gasteiger partial charge in [-0.3, -0.25) is 9.36 Å². The minimum atomic E-state index is -0.234. The minimum absolute atomic E-state index is 0. The largest absolute Gasteiger partial charge is 0.355 e. The molecule has 0 spiro atoms. The molecule has 0 saturated carbocycles. The van der Waals surface area contributed by atoms with Crippen molar-refractivity contribution in [2.24, 2.45) is 5.73 Å². The van der Waals surface area contributed by atoms with E-state index in [1.165, 1.54) is 10.9 Å². The first kappa shape index (κ1) is 25.4. The van der Waals surface area contributed by atoms with Crippen molar-refractivity contribution in [2.75, 3.05) is 18.0 Å². The molecule has 3 aromatic heterocycles. The molecule has 0 bridgehead atoms. The van der Waals surface area contributed by atoms with Crippen molar-refractivity contribution in [1.82, 2.24) is 24.1 Å². The summed E-state index contributed by atoms with van der Waals surface area (Å²) in [6.07, 6.45) is 5.12. The third-order valence-corrected chi connectivity index (χ3v) is 6.90. The molecule has 1 aliphatic rings. The van der Waals surface area contributed by atoms with Gasteiger partial charge in [0, 0.05) is 37.3 Å². The minimum Gasteiger partial charge on any atom is -0.355 e. The van der Waals surface area contributed by atoms with Gasteiger partial charge in [0.15, 0.2) is 0 Å². The molecule has 5 aromatic rings. The Hall–Kier alpha value is -4.26. The summed E-state index contributed by atoms with van der Waals surface area (Å²) >= 11 is 0. The van der Waals surface area contributed by atoms with Crippen LogP contribution in [0.25, 0.3) is 21.9 Å². The first-order valence-electron chi connectivity index (χ1n) is 12.4. The number of piperidine rings is 1. The molecule has 6 rings (SSSR count). The second-order valence-corrected chi connectivity index (χ2v) is 9.45. The summed E-state index contributed by atoms with van der Waals surface area (Å²) in [6, 6.07) is 20.0. The number of para-hydroxylation sites is 1. The van der Waals surface area contributed by atoms with Crippen LogP contribution >= 0.6 is 12.4 Å². The lowest BCUT2D eigenvalue weighted by Crippen LogP contribution is -2.44. The zero-order chi connectivity index (χ0) is 25.4. The van der Waals surface area contributed by atoms with Gasteiger partial charge < -0.3 is 15.2 Å². The molecule has 192 valence electrons. The van der Waals surface area contributed by atoms with Crippen LogP contribution in [0.5, 0.6) is 0 Å². The van der Waals surface area contributed by atoms with Crippen molar-refractivity contribution < 1.29 is 0 Å². The van der Waals surface area contributed by atoms with E-state index in [2.05, 4.69) is 25.9 Å². The highest BCUT2D eigenvalue weighted by Gasteiger charge is 2.28. The Bertz CT molecular complexity index is 1710. The Balaban J connectivity index is 0.00000294. The van der Waals surface area contributed by atoms with E-state index in [1.807, 2.05) is 59.2 Å². The topological polar surface area (TPSA) is 119 Å². The van der Waals surface area contributed by atoms with Crippen LogP contribution in [0.1, 0.15) is 29.8 Å². The lowest BCUT2D eigenvalue weighted by Gasteiger charge is -2.33. The number of nitrogens with zero attached hydrogens (tertiary/aromatic N) is 7. The monoisotopic (exact) mass is 526 g/mol. The summed E-state index contributed by atoms with van der Waals surface area (Å²) in [5.74, 6) is 1.23. The maximum absolute atomic E-state index is 13.9. The van der Waals surface area contributed by atoms with Crippen molar-refractivity contribution in [3.8, 4) is 6.07 Å². The molecule has 1 saturated heterocycles. The molecule has 38 heavy (non-hydrogen) atoms.